The molecule has 0 aliphatic carbocycles. The van der Waals surface area contributed by atoms with Gasteiger partial charge in [-0.2, -0.15) is 0 Å². The summed E-state index contributed by atoms with van der Waals surface area (Å²) >= 11 is 0. The molecular formula is C21H41N5O. The van der Waals surface area contributed by atoms with Crippen LogP contribution in [0.15, 0.2) is 4.99 Å². The lowest BCUT2D eigenvalue weighted by Gasteiger charge is -2.42. The van der Waals surface area contributed by atoms with Crippen molar-refractivity contribution in [2.75, 3.05) is 46.3 Å². The van der Waals surface area contributed by atoms with Gasteiger partial charge in [0.1, 0.15) is 0 Å². The molecule has 1 unspecified atom stereocenters. The van der Waals surface area contributed by atoms with Crippen molar-refractivity contribution in [3.8, 4) is 0 Å². The van der Waals surface area contributed by atoms with Gasteiger partial charge in [-0.1, -0.05) is 6.92 Å². The van der Waals surface area contributed by atoms with E-state index in [1.807, 2.05) is 0 Å². The summed E-state index contributed by atoms with van der Waals surface area (Å²) in [6.45, 7) is 15.2. The molecule has 2 N–H and O–H groups in total. The van der Waals surface area contributed by atoms with Crippen LogP contribution in [0.5, 0.6) is 0 Å². The Kier molecular flexibility index (Phi) is 8.39. The van der Waals surface area contributed by atoms with Crippen molar-refractivity contribution in [2.45, 2.75) is 65.3 Å². The second-order valence-electron chi connectivity index (χ2n) is 8.98. The fraction of sp³-hybridized carbons (Fsp3) is 0.905. The van der Waals surface area contributed by atoms with Gasteiger partial charge in [-0.05, 0) is 64.8 Å². The number of nitrogens with one attached hydrogen (secondary N) is 2. The molecule has 2 heterocycles. The molecule has 0 saturated carbocycles. The number of nitrogens with zero attached hydrogens (tertiary/aromatic N) is 3. The maximum absolute atomic E-state index is 11.6. The van der Waals surface area contributed by atoms with Gasteiger partial charge in [0, 0.05) is 45.2 Å². The number of piperidine rings is 2. The van der Waals surface area contributed by atoms with E-state index in [0.29, 0.717) is 12.3 Å². The van der Waals surface area contributed by atoms with Gasteiger partial charge in [0.05, 0.1) is 6.54 Å². The van der Waals surface area contributed by atoms with Crippen molar-refractivity contribution in [2.24, 2.45) is 16.8 Å². The Morgan fingerprint density at radius 3 is 2.48 bits per heavy atom. The number of rotatable bonds is 6. The Labute approximate surface area is 166 Å². The number of guanidine groups is 1. The molecule has 0 radical (unpaired) electrons. The Balaban J connectivity index is 1.93. The van der Waals surface area contributed by atoms with Gasteiger partial charge >= 0.3 is 0 Å². The second kappa shape index (κ2) is 10.3. The highest BCUT2D eigenvalue weighted by Gasteiger charge is 2.30. The molecule has 156 valence electrons. The molecule has 6 heteroatoms. The minimum atomic E-state index is 0.0902. The lowest BCUT2D eigenvalue weighted by Crippen LogP contribution is -2.52. The molecule has 27 heavy (non-hydrogen) atoms. The molecular weight excluding hydrogens is 338 g/mol. The third-order valence-electron chi connectivity index (χ3n) is 6.13. The minimum Gasteiger partial charge on any atom is -0.359 e. The van der Waals surface area contributed by atoms with Gasteiger partial charge in [0.25, 0.3) is 0 Å². The predicted molar refractivity (Wildman–Crippen MR) is 113 cm³/mol. The zero-order chi connectivity index (χ0) is 19.9. The van der Waals surface area contributed by atoms with Crippen LogP contribution in [0.4, 0.5) is 0 Å². The summed E-state index contributed by atoms with van der Waals surface area (Å²) in [4.78, 5) is 21.6. The maximum Gasteiger partial charge on any atom is 0.220 e. The number of amides is 1. The van der Waals surface area contributed by atoms with E-state index in [1.165, 1.54) is 25.9 Å². The quantitative estimate of drug-likeness (QED) is 0.549. The number of carbonyl (C=O) groups excluding carboxylic acids is 1. The fourth-order valence-electron chi connectivity index (χ4n) is 4.25. The molecule has 0 aromatic carbocycles. The molecule has 2 rings (SSSR count). The molecule has 1 amide bonds. The lowest BCUT2D eigenvalue weighted by atomic mass is 9.93. The van der Waals surface area contributed by atoms with E-state index in [1.54, 1.807) is 7.05 Å². The standard InChI is InChI=1S/C21H41N5O/c1-6-23-20(25-12-9-18(10-13-25)14-19(27)22-5)24-16-21(3,4)26-11-7-8-17(2)15-26/h17-18H,6-16H2,1-5H3,(H,22,27)(H,23,24). The number of likely N-dealkylation sites (tertiary alicyclic amines) is 2. The van der Waals surface area contributed by atoms with Gasteiger partial charge in [0.15, 0.2) is 5.96 Å². The van der Waals surface area contributed by atoms with E-state index >= 15 is 0 Å². The summed E-state index contributed by atoms with van der Waals surface area (Å²) in [5, 5.41) is 6.23. The van der Waals surface area contributed by atoms with E-state index in [-0.39, 0.29) is 11.4 Å². The number of hydrogen-bond donors (Lipinski definition) is 2. The highest BCUT2D eigenvalue weighted by Crippen LogP contribution is 2.25. The first-order chi connectivity index (χ1) is 12.9. The van der Waals surface area contributed by atoms with Crippen LogP contribution in [0.3, 0.4) is 0 Å². The molecule has 2 aliphatic rings. The third kappa shape index (κ3) is 6.66. The largest absolute Gasteiger partial charge is 0.359 e. The summed E-state index contributed by atoms with van der Waals surface area (Å²) in [6, 6.07) is 0. The topological polar surface area (TPSA) is 60.0 Å². The number of carbonyl (C=O) groups is 1. The molecule has 0 spiro atoms. The highest BCUT2D eigenvalue weighted by molar-refractivity contribution is 5.80. The van der Waals surface area contributed by atoms with Crippen molar-refractivity contribution in [3.63, 3.8) is 0 Å². The molecule has 1 atom stereocenters. The second-order valence-corrected chi connectivity index (χ2v) is 8.98. The third-order valence-corrected chi connectivity index (χ3v) is 6.13. The fourth-order valence-corrected chi connectivity index (χ4v) is 4.25. The van der Waals surface area contributed by atoms with Crippen LogP contribution in [0, 0.1) is 11.8 Å². The minimum absolute atomic E-state index is 0.0902. The first-order valence-corrected chi connectivity index (χ1v) is 10.8. The van der Waals surface area contributed by atoms with Crippen LogP contribution in [-0.2, 0) is 4.79 Å². The summed E-state index contributed by atoms with van der Waals surface area (Å²) in [7, 11) is 1.72. The Bertz CT molecular complexity index is 497. The summed E-state index contributed by atoms with van der Waals surface area (Å²) < 4.78 is 0. The zero-order valence-electron chi connectivity index (χ0n) is 18.2. The maximum atomic E-state index is 11.6. The van der Waals surface area contributed by atoms with Crippen LogP contribution in [0.1, 0.15) is 59.8 Å². The molecule has 6 nitrogen and oxygen atoms in total. The smallest absolute Gasteiger partial charge is 0.220 e. The number of hydrogen-bond acceptors (Lipinski definition) is 3. The summed E-state index contributed by atoms with van der Waals surface area (Å²) in [5.74, 6) is 2.48. The SMILES string of the molecule is CCNC(=NCC(C)(C)N1CCCC(C)C1)N1CCC(CC(=O)NC)CC1. The molecule has 2 saturated heterocycles. The van der Waals surface area contributed by atoms with Gasteiger partial charge < -0.3 is 15.5 Å². The highest BCUT2D eigenvalue weighted by atomic mass is 16.1. The normalized spacial score (nSPS) is 23.4. The van der Waals surface area contributed by atoms with E-state index in [2.05, 4.69) is 48.1 Å². The Morgan fingerprint density at radius 2 is 1.89 bits per heavy atom. The van der Waals surface area contributed by atoms with Gasteiger partial charge in [-0.15, -0.1) is 0 Å². The first kappa shape index (κ1) is 22.0. The summed E-state index contributed by atoms with van der Waals surface area (Å²) in [6.07, 6.45) is 5.42. The molecule has 0 aromatic rings. The van der Waals surface area contributed by atoms with Crippen molar-refractivity contribution in [1.29, 1.82) is 0 Å². The van der Waals surface area contributed by atoms with E-state index in [9.17, 15) is 4.79 Å². The molecule has 2 fully saturated rings. The molecule has 0 aromatic heterocycles. The summed E-state index contributed by atoms with van der Waals surface area (Å²) in [5.41, 5.74) is 0.0902. The average Bonchev–Trinajstić information content (AvgIpc) is 2.66. The van der Waals surface area contributed by atoms with Crippen LogP contribution < -0.4 is 10.6 Å². The van der Waals surface area contributed by atoms with Gasteiger partial charge in [-0.25, -0.2) is 0 Å². The van der Waals surface area contributed by atoms with Crippen molar-refractivity contribution in [3.05, 3.63) is 0 Å². The Morgan fingerprint density at radius 1 is 1.19 bits per heavy atom. The van der Waals surface area contributed by atoms with Crippen molar-refractivity contribution >= 4 is 11.9 Å². The van der Waals surface area contributed by atoms with Crippen molar-refractivity contribution in [1.82, 2.24) is 20.4 Å². The van der Waals surface area contributed by atoms with Crippen LogP contribution in [0.25, 0.3) is 0 Å². The van der Waals surface area contributed by atoms with E-state index in [4.69, 9.17) is 4.99 Å². The van der Waals surface area contributed by atoms with Crippen LogP contribution >= 0.6 is 0 Å². The first-order valence-electron chi connectivity index (χ1n) is 10.8. The Hall–Kier alpha value is -1.30. The predicted octanol–water partition coefficient (Wildman–Crippen LogP) is 2.31. The average molecular weight is 380 g/mol. The van der Waals surface area contributed by atoms with E-state index < -0.39 is 0 Å². The molecule has 0 bridgehead atoms. The van der Waals surface area contributed by atoms with Crippen LogP contribution in [-0.4, -0.2) is 73.5 Å². The van der Waals surface area contributed by atoms with Crippen molar-refractivity contribution < 1.29 is 4.79 Å². The van der Waals surface area contributed by atoms with Crippen LogP contribution in [0.2, 0.25) is 0 Å². The number of aliphatic imine (C=N–C) groups is 1. The monoisotopic (exact) mass is 379 g/mol. The lowest BCUT2D eigenvalue weighted by molar-refractivity contribution is -0.121. The van der Waals surface area contributed by atoms with Gasteiger partial charge in [-0.3, -0.25) is 14.7 Å². The molecule has 2 aliphatic heterocycles. The van der Waals surface area contributed by atoms with Gasteiger partial charge in [0.2, 0.25) is 5.91 Å². The zero-order valence-corrected chi connectivity index (χ0v) is 18.2. The van der Waals surface area contributed by atoms with E-state index in [0.717, 1.165) is 50.9 Å².